The Labute approximate surface area is 360 Å². The third-order valence-electron chi connectivity index (χ3n) is 12.4. The Kier molecular flexibility index (Phi) is 8.53. The van der Waals surface area contributed by atoms with E-state index in [1.54, 1.807) is 0 Å². The summed E-state index contributed by atoms with van der Waals surface area (Å²) in [6, 6.07) is 85.5. The van der Waals surface area contributed by atoms with Crippen molar-refractivity contribution < 1.29 is 4.42 Å². The number of rotatable bonds is 7. The standard InChI is InChI=1S/C60H39NO/c1-2-15-40(16-3-1)43-20-12-21-44(35-43)45-22-13-24-49(37-45)61(50-25-14-23-46(38-50)47-32-31-41-17-4-5-18-42(41)36-47)57-34-33-54(60-59(57)55-29-10-11-30-58(55)62-60)56-39-48-19-6-7-26-51(48)52-27-8-9-28-53(52)56/h1-39H. The molecule has 0 bridgehead atoms. The number of nitrogens with zero attached hydrogens (tertiary/aromatic N) is 1. The fourth-order valence-corrected chi connectivity index (χ4v) is 9.44. The molecule has 0 aliphatic heterocycles. The number of benzene rings is 11. The third kappa shape index (κ3) is 6.12. The van der Waals surface area contributed by atoms with Gasteiger partial charge in [0.25, 0.3) is 0 Å². The van der Waals surface area contributed by atoms with E-state index in [9.17, 15) is 0 Å². The maximum absolute atomic E-state index is 7.02. The molecule has 290 valence electrons. The van der Waals surface area contributed by atoms with Gasteiger partial charge in [0, 0.05) is 22.3 Å². The molecule has 62 heavy (non-hydrogen) atoms. The first-order valence-electron chi connectivity index (χ1n) is 21.2. The van der Waals surface area contributed by atoms with Crippen molar-refractivity contribution in [3.63, 3.8) is 0 Å². The predicted octanol–water partition coefficient (Wildman–Crippen LogP) is 17.2. The molecule has 0 amide bonds. The van der Waals surface area contributed by atoms with Crippen molar-refractivity contribution in [2.75, 3.05) is 4.90 Å². The molecule has 1 heterocycles. The zero-order chi connectivity index (χ0) is 41.0. The summed E-state index contributed by atoms with van der Waals surface area (Å²) in [4.78, 5) is 2.42. The van der Waals surface area contributed by atoms with Crippen LogP contribution in [0.4, 0.5) is 17.1 Å². The summed E-state index contributed by atoms with van der Waals surface area (Å²) in [6.45, 7) is 0. The second kappa shape index (κ2) is 14.8. The topological polar surface area (TPSA) is 16.4 Å². The molecule has 2 heteroatoms. The van der Waals surface area contributed by atoms with E-state index >= 15 is 0 Å². The van der Waals surface area contributed by atoms with Crippen molar-refractivity contribution in [1.82, 2.24) is 0 Å². The highest BCUT2D eigenvalue weighted by Gasteiger charge is 2.24. The number of furan rings is 1. The smallest absolute Gasteiger partial charge is 0.145 e. The van der Waals surface area contributed by atoms with Crippen LogP contribution in [0.2, 0.25) is 0 Å². The Morgan fingerprint density at radius 3 is 1.60 bits per heavy atom. The highest BCUT2D eigenvalue weighted by molar-refractivity contribution is 6.21. The number of hydrogen-bond acceptors (Lipinski definition) is 2. The Hall–Kier alpha value is -8.20. The molecule has 12 rings (SSSR count). The van der Waals surface area contributed by atoms with Gasteiger partial charge in [-0.3, -0.25) is 0 Å². The van der Waals surface area contributed by atoms with Crippen LogP contribution in [0.25, 0.3) is 98.8 Å². The van der Waals surface area contributed by atoms with Crippen LogP contribution in [0.5, 0.6) is 0 Å². The van der Waals surface area contributed by atoms with Gasteiger partial charge < -0.3 is 9.32 Å². The zero-order valence-corrected chi connectivity index (χ0v) is 33.9. The summed E-state index contributed by atoms with van der Waals surface area (Å²) in [5, 5.41) is 9.48. The number of fused-ring (bicyclic) bond motifs is 7. The van der Waals surface area contributed by atoms with Crippen molar-refractivity contribution in [3.8, 4) is 44.5 Å². The molecule has 0 radical (unpaired) electrons. The van der Waals surface area contributed by atoms with Crippen LogP contribution in [-0.4, -0.2) is 0 Å². The normalized spacial score (nSPS) is 11.5. The molecule has 0 saturated carbocycles. The summed E-state index contributed by atoms with van der Waals surface area (Å²) < 4.78 is 7.02. The van der Waals surface area contributed by atoms with Crippen LogP contribution in [0.3, 0.4) is 0 Å². The molecule has 0 saturated heterocycles. The summed E-state index contributed by atoms with van der Waals surface area (Å²) >= 11 is 0. The maximum Gasteiger partial charge on any atom is 0.145 e. The summed E-state index contributed by atoms with van der Waals surface area (Å²) in [6.07, 6.45) is 0. The first kappa shape index (κ1) is 35.7. The van der Waals surface area contributed by atoms with E-state index in [0.717, 1.165) is 66.8 Å². The van der Waals surface area contributed by atoms with Crippen molar-refractivity contribution in [1.29, 1.82) is 0 Å². The molecule has 11 aromatic carbocycles. The molecule has 0 atom stereocenters. The minimum absolute atomic E-state index is 0.859. The second-order valence-electron chi connectivity index (χ2n) is 16.1. The summed E-state index contributed by atoms with van der Waals surface area (Å²) in [5.74, 6) is 0. The lowest BCUT2D eigenvalue weighted by Gasteiger charge is -2.28. The molecule has 0 fully saturated rings. The van der Waals surface area contributed by atoms with Gasteiger partial charge >= 0.3 is 0 Å². The fraction of sp³-hybridized carbons (Fsp3) is 0. The SMILES string of the molecule is c1ccc(-c2cccc(-c3cccc(N(c4cccc(-c5ccc6ccccc6c5)c4)c4ccc(-c5cc6ccccc6c6ccccc56)c5oc6ccccc6c45)c3)c2)cc1. The van der Waals surface area contributed by atoms with Crippen LogP contribution in [0.15, 0.2) is 241 Å². The van der Waals surface area contributed by atoms with Gasteiger partial charge in [-0.1, -0.05) is 176 Å². The molecule has 0 N–H and O–H groups in total. The van der Waals surface area contributed by atoms with Gasteiger partial charge in [0.1, 0.15) is 11.2 Å². The van der Waals surface area contributed by atoms with Gasteiger partial charge in [-0.05, 0) is 132 Å². The number of anilines is 3. The van der Waals surface area contributed by atoms with Crippen LogP contribution in [-0.2, 0) is 0 Å². The average Bonchev–Trinajstić information content (AvgIpc) is 3.74. The van der Waals surface area contributed by atoms with Crippen LogP contribution >= 0.6 is 0 Å². The lowest BCUT2D eigenvalue weighted by molar-refractivity contribution is 0.670. The second-order valence-corrected chi connectivity index (χ2v) is 16.1. The number of hydrogen-bond donors (Lipinski definition) is 0. The minimum atomic E-state index is 0.859. The molecule has 2 nitrogen and oxygen atoms in total. The molecular formula is C60H39NO. The van der Waals surface area contributed by atoms with Crippen LogP contribution in [0, 0.1) is 0 Å². The van der Waals surface area contributed by atoms with E-state index in [0.29, 0.717) is 0 Å². The third-order valence-corrected chi connectivity index (χ3v) is 12.4. The van der Waals surface area contributed by atoms with Gasteiger partial charge in [-0.15, -0.1) is 0 Å². The van der Waals surface area contributed by atoms with E-state index in [4.69, 9.17) is 4.42 Å². The Morgan fingerprint density at radius 2 is 0.839 bits per heavy atom. The first-order valence-corrected chi connectivity index (χ1v) is 21.2. The van der Waals surface area contributed by atoms with Gasteiger partial charge in [0.05, 0.1) is 11.1 Å². The fourth-order valence-electron chi connectivity index (χ4n) is 9.44. The van der Waals surface area contributed by atoms with E-state index in [-0.39, 0.29) is 0 Å². The molecule has 0 unspecified atom stereocenters. The summed E-state index contributed by atoms with van der Waals surface area (Å²) in [7, 11) is 0. The highest BCUT2D eigenvalue weighted by atomic mass is 16.3. The predicted molar refractivity (Wildman–Crippen MR) is 263 cm³/mol. The monoisotopic (exact) mass is 789 g/mol. The van der Waals surface area contributed by atoms with Crippen molar-refractivity contribution in [2.24, 2.45) is 0 Å². The van der Waals surface area contributed by atoms with Crippen molar-refractivity contribution >= 4 is 71.3 Å². The largest absolute Gasteiger partial charge is 0.455 e. The molecule has 0 aliphatic carbocycles. The highest BCUT2D eigenvalue weighted by Crippen LogP contribution is 2.48. The molecule has 0 aliphatic rings. The average molecular weight is 790 g/mol. The Bertz CT molecular complexity index is 3650. The van der Waals surface area contributed by atoms with Crippen LogP contribution in [0.1, 0.15) is 0 Å². The van der Waals surface area contributed by atoms with Gasteiger partial charge in [-0.2, -0.15) is 0 Å². The Balaban J connectivity index is 1.10. The minimum Gasteiger partial charge on any atom is -0.455 e. The zero-order valence-electron chi connectivity index (χ0n) is 33.9. The van der Waals surface area contributed by atoms with E-state index in [1.165, 1.54) is 49.0 Å². The number of para-hydroxylation sites is 1. The van der Waals surface area contributed by atoms with Gasteiger partial charge in [0.2, 0.25) is 0 Å². The Morgan fingerprint density at radius 1 is 0.290 bits per heavy atom. The van der Waals surface area contributed by atoms with E-state index in [2.05, 4.69) is 241 Å². The lowest BCUT2D eigenvalue weighted by atomic mass is 9.92. The molecular weight excluding hydrogens is 751 g/mol. The molecule has 12 aromatic rings. The van der Waals surface area contributed by atoms with Crippen molar-refractivity contribution in [2.45, 2.75) is 0 Å². The first-order chi connectivity index (χ1) is 30.7. The van der Waals surface area contributed by atoms with Gasteiger partial charge in [0.15, 0.2) is 0 Å². The van der Waals surface area contributed by atoms with Crippen LogP contribution < -0.4 is 4.90 Å². The van der Waals surface area contributed by atoms with Crippen molar-refractivity contribution in [3.05, 3.63) is 237 Å². The van der Waals surface area contributed by atoms with Gasteiger partial charge in [-0.25, -0.2) is 0 Å². The molecule has 1 aromatic heterocycles. The lowest BCUT2D eigenvalue weighted by Crippen LogP contribution is -2.11. The van der Waals surface area contributed by atoms with E-state index < -0.39 is 0 Å². The molecule has 0 spiro atoms. The summed E-state index contributed by atoms with van der Waals surface area (Å²) in [5.41, 5.74) is 14.1. The van der Waals surface area contributed by atoms with E-state index in [1.807, 2.05) is 0 Å². The maximum atomic E-state index is 7.02. The quantitative estimate of drug-likeness (QED) is 0.150.